The van der Waals surface area contributed by atoms with E-state index in [4.69, 9.17) is 22.7 Å². The molecule has 1 rings (SSSR count). The number of rotatable bonds is 6. The molecule has 0 radical (unpaired) electrons. The van der Waals surface area contributed by atoms with Gasteiger partial charge in [0, 0.05) is 5.92 Å². The Labute approximate surface area is 122 Å². The third kappa shape index (κ3) is 3.69. The lowest BCUT2D eigenvalue weighted by molar-refractivity contribution is 0.315. The normalized spacial score (nSPS) is 13.9. The van der Waals surface area contributed by atoms with E-state index in [1.807, 2.05) is 0 Å². The van der Waals surface area contributed by atoms with Crippen molar-refractivity contribution in [2.75, 3.05) is 6.61 Å². The number of hydrogen-bond acceptors (Lipinski definition) is 2. The van der Waals surface area contributed by atoms with Crippen molar-refractivity contribution < 1.29 is 4.74 Å². The van der Waals surface area contributed by atoms with Crippen LogP contribution in [0.3, 0.4) is 0 Å². The van der Waals surface area contributed by atoms with Gasteiger partial charge in [-0.15, -0.1) is 0 Å². The zero-order valence-corrected chi connectivity index (χ0v) is 13.4. The van der Waals surface area contributed by atoms with E-state index in [0.717, 1.165) is 18.8 Å². The Morgan fingerprint density at radius 2 is 1.89 bits per heavy atom. The second-order valence-corrected chi connectivity index (χ2v) is 5.70. The second-order valence-electron chi connectivity index (χ2n) is 5.23. The fourth-order valence-electron chi connectivity index (χ4n) is 2.19. The van der Waals surface area contributed by atoms with Crippen molar-refractivity contribution in [2.45, 2.75) is 47.0 Å². The maximum atomic E-state index is 5.76. The molecule has 106 valence electrons. The van der Waals surface area contributed by atoms with E-state index in [1.165, 1.54) is 16.7 Å². The fourth-order valence-corrected chi connectivity index (χ4v) is 2.40. The quantitative estimate of drug-likeness (QED) is 0.796. The minimum absolute atomic E-state index is 0.204. The van der Waals surface area contributed by atoms with Crippen molar-refractivity contribution in [2.24, 2.45) is 11.7 Å². The molecule has 2 unspecified atom stereocenters. The van der Waals surface area contributed by atoms with Crippen molar-refractivity contribution in [3.05, 3.63) is 28.8 Å². The maximum Gasteiger partial charge on any atom is 0.122 e. The van der Waals surface area contributed by atoms with Crippen molar-refractivity contribution >= 4 is 17.2 Å². The number of thiocarbonyl (C=S) groups is 1. The SMILES string of the molecule is CCCOc1ccc(C(C)C(C)C(N)=S)c(C)c1C. The lowest BCUT2D eigenvalue weighted by atomic mass is 9.85. The maximum absolute atomic E-state index is 5.76. The average Bonchev–Trinajstić information content (AvgIpc) is 2.38. The Balaban J connectivity index is 3.05. The van der Waals surface area contributed by atoms with Crippen molar-refractivity contribution in [1.29, 1.82) is 0 Å². The molecule has 1 aromatic carbocycles. The molecule has 0 spiro atoms. The molecule has 1 aromatic rings. The highest BCUT2D eigenvalue weighted by Crippen LogP contribution is 2.32. The molecular formula is C16H25NOS. The van der Waals surface area contributed by atoms with Gasteiger partial charge in [-0.25, -0.2) is 0 Å². The topological polar surface area (TPSA) is 35.2 Å². The monoisotopic (exact) mass is 279 g/mol. The van der Waals surface area contributed by atoms with Crippen LogP contribution in [0, 0.1) is 19.8 Å². The van der Waals surface area contributed by atoms with Gasteiger partial charge in [-0.05, 0) is 48.9 Å². The summed E-state index contributed by atoms with van der Waals surface area (Å²) in [5.41, 5.74) is 9.57. The third-order valence-corrected chi connectivity index (χ3v) is 4.30. The van der Waals surface area contributed by atoms with Crippen LogP contribution in [0.2, 0.25) is 0 Å². The standard InChI is InChI=1S/C16H25NOS/c1-6-9-18-15-8-7-14(10(2)12(15)4)11(3)13(5)16(17)19/h7-8,11,13H,6,9H2,1-5H3,(H2,17,19). The Bertz CT molecular complexity index is 456. The van der Waals surface area contributed by atoms with E-state index >= 15 is 0 Å². The van der Waals surface area contributed by atoms with Gasteiger partial charge in [-0.2, -0.15) is 0 Å². The molecule has 2 N–H and O–H groups in total. The highest BCUT2D eigenvalue weighted by Gasteiger charge is 2.20. The first-order valence-corrected chi connectivity index (χ1v) is 7.33. The summed E-state index contributed by atoms with van der Waals surface area (Å²) in [6.07, 6.45) is 1.02. The first-order valence-electron chi connectivity index (χ1n) is 6.92. The number of nitrogens with two attached hydrogens (primary N) is 1. The summed E-state index contributed by atoms with van der Waals surface area (Å²) in [5, 5.41) is 0. The Morgan fingerprint density at radius 3 is 2.42 bits per heavy atom. The van der Waals surface area contributed by atoms with Crippen LogP contribution in [-0.2, 0) is 0 Å². The molecule has 0 saturated carbocycles. The molecule has 2 nitrogen and oxygen atoms in total. The lowest BCUT2D eigenvalue weighted by Crippen LogP contribution is -2.23. The molecule has 0 fully saturated rings. The summed E-state index contributed by atoms with van der Waals surface area (Å²) in [6, 6.07) is 4.21. The Hall–Kier alpha value is -1.09. The molecule has 19 heavy (non-hydrogen) atoms. The van der Waals surface area contributed by atoms with E-state index in [-0.39, 0.29) is 5.92 Å². The highest BCUT2D eigenvalue weighted by molar-refractivity contribution is 7.80. The zero-order valence-electron chi connectivity index (χ0n) is 12.6. The molecular weight excluding hydrogens is 254 g/mol. The van der Waals surface area contributed by atoms with Gasteiger partial charge in [-0.1, -0.05) is 39.1 Å². The van der Waals surface area contributed by atoms with Gasteiger partial charge in [0.25, 0.3) is 0 Å². The summed E-state index contributed by atoms with van der Waals surface area (Å²) >= 11 is 5.11. The van der Waals surface area contributed by atoms with Crippen LogP contribution >= 0.6 is 12.2 Å². The Kier molecular flexibility index (Phi) is 5.80. The van der Waals surface area contributed by atoms with Crippen LogP contribution in [0.25, 0.3) is 0 Å². The number of hydrogen-bond donors (Lipinski definition) is 1. The summed E-state index contributed by atoms with van der Waals surface area (Å²) in [7, 11) is 0. The van der Waals surface area contributed by atoms with Gasteiger partial charge < -0.3 is 10.5 Å². The summed E-state index contributed by atoms with van der Waals surface area (Å²) in [6.45, 7) is 11.4. The van der Waals surface area contributed by atoms with Gasteiger partial charge in [0.15, 0.2) is 0 Å². The van der Waals surface area contributed by atoms with Gasteiger partial charge in [0.1, 0.15) is 5.75 Å². The molecule has 0 aliphatic rings. The molecule has 0 heterocycles. The molecule has 0 saturated heterocycles. The molecule has 0 aliphatic carbocycles. The van der Waals surface area contributed by atoms with Crippen molar-refractivity contribution in [3.63, 3.8) is 0 Å². The largest absolute Gasteiger partial charge is 0.493 e. The second kappa shape index (κ2) is 6.90. The highest BCUT2D eigenvalue weighted by atomic mass is 32.1. The predicted octanol–water partition coefficient (Wildman–Crippen LogP) is 4.12. The van der Waals surface area contributed by atoms with Crippen LogP contribution in [0.4, 0.5) is 0 Å². The smallest absolute Gasteiger partial charge is 0.122 e. The van der Waals surface area contributed by atoms with E-state index in [0.29, 0.717) is 10.9 Å². The van der Waals surface area contributed by atoms with Crippen molar-refractivity contribution in [3.8, 4) is 5.75 Å². The lowest BCUT2D eigenvalue weighted by Gasteiger charge is -2.23. The van der Waals surface area contributed by atoms with Crippen LogP contribution in [-0.4, -0.2) is 11.6 Å². The van der Waals surface area contributed by atoms with E-state index in [9.17, 15) is 0 Å². The minimum Gasteiger partial charge on any atom is -0.493 e. The number of benzene rings is 1. The molecule has 3 heteroatoms. The van der Waals surface area contributed by atoms with Crippen LogP contribution < -0.4 is 10.5 Å². The minimum atomic E-state index is 0.204. The molecule has 0 bridgehead atoms. The van der Waals surface area contributed by atoms with Crippen LogP contribution in [0.15, 0.2) is 12.1 Å². The van der Waals surface area contributed by atoms with Crippen LogP contribution in [0.1, 0.15) is 49.8 Å². The van der Waals surface area contributed by atoms with Gasteiger partial charge in [0.05, 0.1) is 11.6 Å². The predicted molar refractivity (Wildman–Crippen MR) is 86.1 cm³/mol. The van der Waals surface area contributed by atoms with Gasteiger partial charge in [-0.3, -0.25) is 0 Å². The number of ether oxygens (including phenoxy) is 1. The Morgan fingerprint density at radius 1 is 1.26 bits per heavy atom. The average molecular weight is 279 g/mol. The molecule has 2 atom stereocenters. The summed E-state index contributed by atoms with van der Waals surface area (Å²) in [5.74, 6) is 1.52. The first-order chi connectivity index (χ1) is 8.90. The fraction of sp³-hybridized carbons (Fsp3) is 0.562. The molecule has 0 aromatic heterocycles. The van der Waals surface area contributed by atoms with Gasteiger partial charge in [0.2, 0.25) is 0 Å². The summed E-state index contributed by atoms with van der Waals surface area (Å²) in [4.78, 5) is 0.580. The van der Waals surface area contributed by atoms with Crippen molar-refractivity contribution in [1.82, 2.24) is 0 Å². The third-order valence-electron chi connectivity index (χ3n) is 3.93. The first kappa shape index (κ1) is 16.0. The zero-order chi connectivity index (χ0) is 14.6. The van der Waals surface area contributed by atoms with Gasteiger partial charge >= 0.3 is 0 Å². The molecule has 0 aliphatic heterocycles. The van der Waals surface area contributed by atoms with Crippen LogP contribution in [0.5, 0.6) is 5.75 Å². The van der Waals surface area contributed by atoms with E-state index < -0.39 is 0 Å². The van der Waals surface area contributed by atoms with E-state index in [2.05, 4.69) is 46.8 Å². The van der Waals surface area contributed by atoms with E-state index in [1.54, 1.807) is 0 Å². The molecule has 0 amide bonds. The summed E-state index contributed by atoms with van der Waals surface area (Å²) < 4.78 is 5.76.